The number of benzene rings is 2. The molecule has 0 radical (unpaired) electrons. The number of pyridine rings is 1. The minimum atomic E-state index is 0.0248. The van der Waals surface area contributed by atoms with Crippen LogP contribution in [0, 0.1) is 0 Å². The number of ether oxygens (including phenoxy) is 1. The van der Waals surface area contributed by atoms with E-state index in [1.165, 1.54) is 0 Å². The normalized spacial score (nSPS) is 14.4. The molecule has 5 rings (SSSR count). The van der Waals surface area contributed by atoms with E-state index in [4.69, 9.17) is 4.74 Å². The molecule has 0 saturated carbocycles. The Morgan fingerprint density at radius 2 is 1.93 bits per heavy atom. The van der Waals surface area contributed by atoms with E-state index in [0.29, 0.717) is 6.54 Å². The summed E-state index contributed by atoms with van der Waals surface area (Å²) in [6, 6.07) is 17.9. The number of anilines is 2. The topological polar surface area (TPSA) is 45.7 Å². The maximum Gasteiger partial charge on any atom is 0.258 e. The van der Waals surface area contributed by atoms with Crippen LogP contribution in [0.2, 0.25) is 0 Å². The fourth-order valence-corrected chi connectivity index (χ4v) is 3.96. The molecule has 5 heteroatoms. The van der Waals surface area contributed by atoms with Crippen LogP contribution in [-0.2, 0) is 6.54 Å². The van der Waals surface area contributed by atoms with Crippen LogP contribution in [0.4, 0.5) is 11.5 Å². The summed E-state index contributed by atoms with van der Waals surface area (Å²) in [6.07, 6.45) is 3.86. The molecule has 0 N–H and O–H groups in total. The highest BCUT2D eigenvalue weighted by Crippen LogP contribution is 2.45. The zero-order valence-corrected chi connectivity index (χ0v) is 15.7. The first kappa shape index (κ1) is 16.6. The van der Waals surface area contributed by atoms with Gasteiger partial charge in [-0.25, -0.2) is 4.98 Å². The number of carbonyl (C=O) groups is 1. The van der Waals surface area contributed by atoms with E-state index in [1.54, 1.807) is 18.2 Å². The molecular weight excluding hydrogens is 350 g/mol. The van der Waals surface area contributed by atoms with Gasteiger partial charge in [-0.2, -0.15) is 0 Å². The first-order chi connectivity index (χ1) is 13.7. The quantitative estimate of drug-likeness (QED) is 0.690. The van der Waals surface area contributed by atoms with Crippen molar-refractivity contribution in [3.8, 4) is 5.75 Å². The van der Waals surface area contributed by atoms with Gasteiger partial charge in [0.15, 0.2) is 0 Å². The lowest BCUT2D eigenvalue weighted by molar-refractivity contribution is 0.0875. The molecule has 3 aromatic rings. The Morgan fingerprint density at radius 3 is 2.79 bits per heavy atom. The zero-order valence-electron chi connectivity index (χ0n) is 15.7. The van der Waals surface area contributed by atoms with Crippen LogP contribution in [0.25, 0.3) is 11.8 Å². The average molecular weight is 369 g/mol. The lowest BCUT2D eigenvalue weighted by Gasteiger charge is -2.26. The van der Waals surface area contributed by atoms with Gasteiger partial charge in [0, 0.05) is 30.9 Å². The number of nitrogens with zero attached hydrogens (tertiary/aromatic N) is 3. The van der Waals surface area contributed by atoms with Crippen molar-refractivity contribution in [2.24, 2.45) is 0 Å². The predicted octanol–water partition coefficient (Wildman–Crippen LogP) is 4.33. The number of carbonyl (C=O) groups excluding carboxylic acids is 1. The van der Waals surface area contributed by atoms with Crippen LogP contribution in [0.5, 0.6) is 5.75 Å². The second kappa shape index (κ2) is 6.23. The Morgan fingerprint density at radius 1 is 1.07 bits per heavy atom. The highest BCUT2D eigenvalue weighted by molar-refractivity contribution is 6.15. The lowest BCUT2D eigenvalue weighted by Crippen LogP contribution is -2.19. The van der Waals surface area contributed by atoms with Gasteiger partial charge in [0.25, 0.3) is 5.91 Å². The Balaban J connectivity index is 1.72. The summed E-state index contributed by atoms with van der Waals surface area (Å²) in [5.41, 5.74) is 5.70. The van der Waals surface area contributed by atoms with Crippen LogP contribution >= 0.6 is 0 Å². The van der Waals surface area contributed by atoms with E-state index >= 15 is 0 Å². The number of methoxy groups -OCH3 is 1. The van der Waals surface area contributed by atoms with Gasteiger partial charge < -0.3 is 14.5 Å². The molecule has 3 heterocycles. The van der Waals surface area contributed by atoms with E-state index in [9.17, 15) is 4.79 Å². The van der Waals surface area contributed by atoms with E-state index in [0.717, 1.165) is 45.2 Å². The van der Waals surface area contributed by atoms with E-state index < -0.39 is 0 Å². The molecule has 2 aromatic carbocycles. The third-order valence-corrected chi connectivity index (χ3v) is 5.33. The fourth-order valence-electron chi connectivity index (χ4n) is 3.96. The molecular formula is C23H19N3O2. The number of amides is 1. The molecule has 0 spiro atoms. The van der Waals surface area contributed by atoms with Crippen molar-refractivity contribution >= 4 is 29.2 Å². The van der Waals surface area contributed by atoms with Gasteiger partial charge in [0.05, 0.1) is 24.1 Å². The number of fused-ring (bicyclic) bond motifs is 1. The number of hydrogen-bond acceptors (Lipinski definition) is 4. The molecule has 0 unspecified atom stereocenters. The lowest BCUT2D eigenvalue weighted by atomic mass is 10.0. The Hall–Kier alpha value is -3.60. The molecule has 28 heavy (non-hydrogen) atoms. The molecule has 0 bridgehead atoms. The monoisotopic (exact) mass is 369 g/mol. The van der Waals surface area contributed by atoms with Crippen LogP contribution in [0.1, 0.15) is 27.0 Å². The van der Waals surface area contributed by atoms with E-state index in [2.05, 4.69) is 28.1 Å². The van der Waals surface area contributed by atoms with Crippen molar-refractivity contribution in [3.63, 3.8) is 0 Å². The maximum atomic E-state index is 12.8. The molecule has 0 saturated heterocycles. The Labute approximate surface area is 163 Å². The minimum Gasteiger partial charge on any atom is -0.497 e. The summed E-state index contributed by atoms with van der Waals surface area (Å²) in [6.45, 7) is 0.622. The van der Waals surface area contributed by atoms with Crippen LogP contribution in [-0.4, -0.2) is 29.9 Å². The molecule has 1 amide bonds. The van der Waals surface area contributed by atoms with Gasteiger partial charge in [-0.05, 0) is 48.0 Å². The molecule has 138 valence electrons. The van der Waals surface area contributed by atoms with Gasteiger partial charge in [0.2, 0.25) is 0 Å². The van der Waals surface area contributed by atoms with Crippen LogP contribution < -0.4 is 9.64 Å². The summed E-state index contributed by atoms with van der Waals surface area (Å²) < 4.78 is 5.39. The standard InChI is InChI=1S/C23H19N3O2/c1-25-20-13-16-7-5-11-24-22(16)26(14-15-6-3-8-17(12-15)28-2)19-10-4-9-18(21(19)20)23(25)27/h3-13H,14H2,1-2H3. The first-order valence-electron chi connectivity index (χ1n) is 9.16. The maximum absolute atomic E-state index is 12.8. The zero-order chi connectivity index (χ0) is 19.3. The van der Waals surface area contributed by atoms with Crippen LogP contribution in [0.3, 0.4) is 0 Å². The molecule has 2 aliphatic heterocycles. The van der Waals surface area contributed by atoms with Gasteiger partial charge in [-0.1, -0.05) is 18.2 Å². The molecule has 2 aliphatic rings. The van der Waals surface area contributed by atoms with Gasteiger partial charge >= 0.3 is 0 Å². The highest BCUT2D eigenvalue weighted by Gasteiger charge is 2.35. The summed E-state index contributed by atoms with van der Waals surface area (Å²) in [4.78, 5) is 21.3. The molecule has 0 atom stereocenters. The smallest absolute Gasteiger partial charge is 0.258 e. The largest absolute Gasteiger partial charge is 0.497 e. The fraction of sp³-hybridized carbons (Fsp3) is 0.130. The second-order valence-corrected chi connectivity index (χ2v) is 6.95. The molecule has 0 fully saturated rings. The van der Waals surface area contributed by atoms with Crippen LogP contribution in [0.15, 0.2) is 60.8 Å². The number of aromatic nitrogens is 1. The van der Waals surface area contributed by atoms with Gasteiger partial charge in [-0.3, -0.25) is 4.79 Å². The summed E-state index contributed by atoms with van der Waals surface area (Å²) >= 11 is 0. The summed E-state index contributed by atoms with van der Waals surface area (Å²) in [7, 11) is 3.50. The SMILES string of the molecule is COc1cccc(CN2c3cccc4c3C(=Cc3cccnc32)N(C)C4=O)c1. The van der Waals surface area contributed by atoms with Crippen molar-refractivity contribution in [1.82, 2.24) is 9.88 Å². The van der Waals surface area contributed by atoms with Crippen molar-refractivity contribution in [1.29, 1.82) is 0 Å². The summed E-state index contributed by atoms with van der Waals surface area (Å²) in [5, 5.41) is 0. The summed E-state index contributed by atoms with van der Waals surface area (Å²) in [5.74, 6) is 1.72. The van der Waals surface area contributed by atoms with Crippen molar-refractivity contribution in [3.05, 3.63) is 83.0 Å². The third kappa shape index (κ3) is 2.40. The first-order valence-corrected chi connectivity index (χ1v) is 9.16. The van der Waals surface area contributed by atoms with Gasteiger partial charge in [-0.15, -0.1) is 0 Å². The van der Waals surface area contributed by atoms with Gasteiger partial charge in [0.1, 0.15) is 11.6 Å². The Bertz CT molecular complexity index is 1140. The predicted molar refractivity (Wildman–Crippen MR) is 109 cm³/mol. The minimum absolute atomic E-state index is 0.0248. The third-order valence-electron chi connectivity index (χ3n) is 5.33. The van der Waals surface area contributed by atoms with Crippen molar-refractivity contribution in [2.75, 3.05) is 19.1 Å². The molecule has 5 nitrogen and oxygen atoms in total. The van der Waals surface area contributed by atoms with E-state index in [-0.39, 0.29) is 5.91 Å². The molecule has 0 aliphatic carbocycles. The Kier molecular flexibility index (Phi) is 3.69. The van der Waals surface area contributed by atoms with Crippen molar-refractivity contribution in [2.45, 2.75) is 6.54 Å². The van der Waals surface area contributed by atoms with E-state index in [1.807, 2.05) is 49.5 Å². The number of hydrogen-bond donors (Lipinski definition) is 0. The number of rotatable bonds is 3. The molecule has 1 aromatic heterocycles. The second-order valence-electron chi connectivity index (χ2n) is 6.95. The average Bonchev–Trinajstić information content (AvgIpc) is 2.89. The van der Waals surface area contributed by atoms with Crippen molar-refractivity contribution < 1.29 is 9.53 Å². The highest BCUT2D eigenvalue weighted by atomic mass is 16.5.